The Kier molecular flexibility index (Phi) is 6.49. The molecule has 0 spiro atoms. The van der Waals surface area contributed by atoms with E-state index in [-0.39, 0.29) is 18.2 Å². The van der Waals surface area contributed by atoms with Crippen LogP contribution >= 0.6 is 0 Å². The normalized spacial score (nSPS) is 14.2. The number of urea groups is 1. The molecule has 8 heteroatoms. The second kappa shape index (κ2) is 7.72. The molecule has 0 saturated carbocycles. The van der Waals surface area contributed by atoms with E-state index in [1.807, 2.05) is 0 Å². The molecular formula is C15H22F2N2O3S. The van der Waals surface area contributed by atoms with Crippen molar-refractivity contribution in [1.29, 1.82) is 0 Å². The summed E-state index contributed by atoms with van der Waals surface area (Å²) >= 11 is 0. The van der Waals surface area contributed by atoms with Crippen LogP contribution in [0.4, 0.5) is 13.6 Å². The molecule has 0 aromatic heterocycles. The predicted molar refractivity (Wildman–Crippen MR) is 85.1 cm³/mol. The number of hydrogen-bond acceptors (Lipinski definition) is 3. The number of carbonyl (C=O) groups excluding carboxylic acids is 1. The van der Waals surface area contributed by atoms with Gasteiger partial charge in [0.05, 0.1) is 5.75 Å². The first-order valence-electron chi connectivity index (χ1n) is 7.14. The van der Waals surface area contributed by atoms with Gasteiger partial charge in [-0.05, 0) is 30.5 Å². The van der Waals surface area contributed by atoms with Crippen LogP contribution in [0, 0.1) is 11.6 Å². The fraction of sp³-hybridized carbons (Fsp3) is 0.533. The number of benzene rings is 1. The topological polar surface area (TPSA) is 66.5 Å². The van der Waals surface area contributed by atoms with E-state index in [4.69, 9.17) is 0 Å². The maximum absolute atomic E-state index is 13.2. The van der Waals surface area contributed by atoms with Crippen molar-refractivity contribution in [1.82, 2.24) is 10.2 Å². The zero-order valence-electron chi connectivity index (χ0n) is 13.6. The largest absolute Gasteiger partial charge is 0.337 e. The zero-order chi connectivity index (χ0) is 17.8. The fourth-order valence-corrected chi connectivity index (χ4v) is 3.15. The van der Waals surface area contributed by atoms with E-state index in [0.717, 1.165) is 18.4 Å². The molecule has 2 atom stereocenters. The van der Waals surface area contributed by atoms with E-state index in [2.05, 4.69) is 5.32 Å². The molecule has 0 aliphatic carbocycles. The number of hydrogen-bond donors (Lipinski definition) is 1. The van der Waals surface area contributed by atoms with E-state index in [0.29, 0.717) is 5.56 Å². The van der Waals surface area contributed by atoms with Crippen molar-refractivity contribution in [3.8, 4) is 0 Å². The maximum Gasteiger partial charge on any atom is 0.317 e. The Morgan fingerprint density at radius 3 is 2.39 bits per heavy atom. The molecule has 1 aromatic carbocycles. The Morgan fingerprint density at radius 2 is 1.87 bits per heavy atom. The van der Waals surface area contributed by atoms with Gasteiger partial charge in [0.2, 0.25) is 0 Å². The van der Waals surface area contributed by atoms with Crippen molar-refractivity contribution >= 4 is 15.9 Å². The number of amides is 2. The second-order valence-corrected chi connectivity index (χ2v) is 8.00. The predicted octanol–water partition coefficient (Wildman–Crippen LogP) is 2.14. The third kappa shape index (κ3) is 6.13. The van der Waals surface area contributed by atoms with Crippen molar-refractivity contribution in [2.75, 3.05) is 25.6 Å². The number of carbonyl (C=O) groups is 1. The SMILES string of the molecule is C[C@@H](CNC(=O)N(C)[C@@H](C)CS(C)(=O)=O)c1ccc(F)c(F)c1. The molecule has 1 aromatic rings. The van der Waals surface area contributed by atoms with Gasteiger partial charge in [-0.2, -0.15) is 0 Å². The Morgan fingerprint density at radius 1 is 1.26 bits per heavy atom. The summed E-state index contributed by atoms with van der Waals surface area (Å²) in [6.45, 7) is 3.63. The van der Waals surface area contributed by atoms with E-state index >= 15 is 0 Å². The lowest BCUT2D eigenvalue weighted by Crippen LogP contribution is -2.45. The van der Waals surface area contributed by atoms with Crippen LogP contribution in [-0.2, 0) is 9.84 Å². The molecular weight excluding hydrogens is 326 g/mol. The number of halogens is 2. The van der Waals surface area contributed by atoms with Gasteiger partial charge in [-0.25, -0.2) is 22.0 Å². The Hall–Kier alpha value is -1.70. The van der Waals surface area contributed by atoms with Crippen LogP contribution in [0.2, 0.25) is 0 Å². The molecule has 5 nitrogen and oxygen atoms in total. The first-order valence-corrected chi connectivity index (χ1v) is 9.20. The van der Waals surface area contributed by atoms with Crippen molar-refractivity contribution in [3.05, 3.63) is 35.4 Å². The number of rotatable bonds is 6. The second-order valence-electron chi connectivity index (χ2n) is 5.81. The van der Waals surface area contributed by atoms with E-state index in [9.17, 15) is 22.0 Å². The standard InChI is InChI=1S/C15H22F2N2O3S/c1-10(12-5-6-13(16)14(17)7-12)8-18-15(20)19(3)11(2)9-23(4,21)22/h5-7,10-11H,8-9H2,1-4H3,(H,18,20)/t10-,11-/m0/s1. The highest BCUT2D eigenvalue weighted by atomic mass is 32.2. The van der Waals surface area contributed by atoms with Gasteiger partial charge >= 0.3 is 6.03 Å². The summed E-state index contributed by atoms with van der Waals surface area (Å²) < 4.78 is 48.6. The Labute approximate surface area is 135 Å². The highest BCUT2D eigenvalue weighted by Gasteiger charge is 2.20. The third-order valence-corrected chi connectivity index (χ3v) is 4.69. The molecule has 1 N–H and O–H groups in total. The fourth-order valence-electron chi connectivity index (χ4n) is 2.05. The highest BCUT2D eigenvalue weighted by molar-refractivity contribution is 7.90. The minimum absolute atomic E-state index is 0.129. The Bertz CT molecular complexity index is 665. The van der Waals surface area contributed by atoms with Crippen LogP contribution < -0.4 is 5.32 Å². The van der Waals surface area contributed by atoms with Crippen molar-refractivity contribution < 1.29 is 22.0 Å². The van der Waals surface area contributed by atoms with Crippen molar-refractivity contribution in [2.24, 2.45) is 0 Å². The molecule has 0 saturated heterocycles. The van der Waals surface area contributed by atoms with Crippen LogP contribution in [-0.4, -0.2) is 51.0 Å². The van der Waals surface area contributed by atoms with Gasteiger partial charge in [-0.15, -0.1) is 0 Å². The van der Waals surface area contributed by atoms with Crippen molar-refractivity contribution in [3.63, 3.8) is 0 Å². The summed E-state index contributed by atoms with van der Waals surface area (Å²) in [7, 11) is -1.68. The van der Waals surface area contributed by atoms with Crippen LogP contribution in [0.25, 0.3) is 0 Å². The molecule has 0 heterocycles. The van der Waals surface area contributed by atoms with Gasteiger partial charge in [-0.3, -0.25) is 0 Å². The minimum Gasteiger partial charge on any atom is -0.337 e. The van der Waals surface area contributed by atoms with Gasteiger partial charge in [0.1, 0.15) is 9.84 Å². The van der Waals surface area contributed by atoms with Crippen molar-refractivity contribution in [2.45, 2.75) is 25.8 Å². The first-order chi connectivity index (χ1) is 10.5. The quantitative estimate of drug-likeness (QED) is 0.856. The average Bonchev–Trinajstić information content (AvgIpc) is 2.44. The van der Waals surface area contributed by atoms with Gasteiger partial charge < -0.3 is 10.2 Å². The van der Waals surface area contributed by atoms with E-state index < -0.39 is 33.5 Å². The lowest BCUT2D eigenvalue weighted by Gasteiger charge is -2.25. The smallest absolute Gasteiger partial charge is 0.317 e. The summed E-state index contributed by atoms with van der Waals surface area (Å²) in [5, 5.41) is 2.66. The molecule has 0 fully saturated rings. The highest BCUT2D eigenvalue weighted by Crippen LogP contribution is 2.17. The molecule has 0 aliphatic heterocycles. The Balaban J connectivity index is 2.59. The summed E-state index contributed by atoms with van der Waals surface area (Å²) in [6, 6.07) is 2.72. The lowest BCUT2D eigenvalue weighted by molar-refractivity contribution is 0.197. The zero-order valence-corrected chi connectivity index (χ0v) is 14.5. The molecule has 0 bridgehead atoms. The lowest BCUT2D eigenvalue weighted by atomic mass is 10.0. The maximum atomic E-state index is 13.2. The average molecular weight is 348 g/mol. The van der Waals surface area contributed by atoms with E-state index in [1.54, 1.807) is 13.8 Å². The van der Waals surface area contributed by atoms with Gasteiger partial charge in [0.15, 0.2) is 11.6 Å². The van der Waals surface area contributed by atoms with Crippen LogP contribution in [0.3, 0.4) is 0 Å². The number of sulfone groups is 1. The molecule has 0 radical (unpaired) electrons. The van der Waals surface area contributed by atoms with Gasteiger partial charge in [0, 0.05) is 25.9 Å². The number of nitrogens with zero attached hydrogens (tertiary/aromatic N) is 1. The monoisotopic (exact) mass is 348 g/mol. The minimum atomic E-state index is -3.18. The molecule has 0 unspecified atom stereocenters. The first kappa shape index (κ1) is 19.3. The molecule has 0 aliphatic rings. The molecule has 2 amide bonds. The molecule has 130 valence electrons. The van der Waals surface area contributed by atoms with Gasteiger partial charge in [-0.1, -0.05) is 13.0 Å². The third-order valence-electron chi connectivity index (χ3n) is 3.60. The van der Waals surface area contributed by atoms with Crippen LogP contribution in [0.15, 0.2) is 18.2 Å². The summed E-state index contributed by atoms with van der Waals surface area (Å²) in [6.07, 6.45) is 1.11. The van der Waals surface area contributed by atoms with E-state index in [1.165, 1.54) is 18.0 Å². The van der Waals surface area contributed by atoms with Crippen LogP contribution in [0.1, 0.15) is 25.3 Å². The molecule has 23 heavy (non-hydrogen) atoms. The van der Waals surface area contributed by atoms with Gasteiger partial charge in [0.25, 0.3) is 0 Å². The number of nitrogens with one attached hydrogen (secondary N) is 1. The van der Waals surface area contributed by atoms with Crippen LogP contribution in [0.5, 0.6) is 0 Å². The molecule has 1 rings (SSSR count). The summed E-state index contributed by atoms with van der Waals surface area (Å²) in [5.41, 5.74) is 0.566. The summed E-state index contributed by atoms with van der Waals surface area (Å²) in [5.74, 6) is -2.19. The summed E-state index contributed by atoms with van der Waals surface area (Å²) in [4.78, 5) is 13.3.